The van der Waals surface area contributed by atoms with Crippen LogP contribution in [0.4, 0.5) is 5.69 Å². The van der Waals surface area contributed by atoms with Crippen molar-refractivity contribution in [3.63, 3.8) is 0 Å². The maximum Gasteiger partial charge on any atom is 0.285 e. The molecule has 0 aromatic heterocycles. The van der Waals surface area contributed by atoms with E-state index in [-0.39, 0.29) is 33.8 Å². The number of hydrazine groups is 1. The molecule has 0 saturated carbocycles. The van der Waals surface area contributed by atoms with E-state index in [2.05, 4.69) is 20.6 Å². The van der Waals surface area contributed by atoms with E-state index in [9.17, 15) is 13.2 Å². The van der Waals surface area contributed by atoms with Crippen molar-refractivity contribution >= 4 is 61.7 Å². The van der Waals surface area contributed by atoms with E-state index in [4.69, 9.17) is 28.3 Å². The Morgan fingerprint density at radius 3 is 2.57 bits per heavy atom. The minimum absolute atomic E-state index is 0.00422. The average molecular weight is 461 g/mol. The molecular formula is C16H14Cl2N4O4S2. The number of aliphatic hydroxyl groups is 1. The first-order chi connectivity index (χ1) is 13.3. The third-order valence-electron chi connectivity index (χ3n) is 3.50. The van der Waals surface area contributed by atoms with Gasteiger partial charge in [-0.25, -0.2) is 5.43 Å². The van der Waals surface area contributed by atoms with E-state index >= 15 is 0 Å². The number of thioether (sulfide) groups is 1. The van der Waals surface area contributed by atoms with Crippen LogP contribution in [-0.4, -0.2) is 37.8 Å². The van der Waals surface area contributed by atoms with Gasteiger partial charge in [0.15, 0.2) is 5.17 Å². The largest absolute Gasteiger partial charge is 0.395 e. The molecule has 0 atom stereocenters. The van der Waals surface area contributed by atoms with Crippen molar-refractivity contribution in [3.05, 3.63) is 52.0 Å². The zero-order valence-corrected chi connectivity index (χ0v) is 17.2. The summed E-state index contributed by atoms with van der Waals surface area (Å²) in [5.74, 6) is -0.562. The van der Waals surface area contributed by atoms with E-state index in [0.717, 1.165) is 11.8 Å². The van der Waals surface area contributed by atoms with Crippen LogP contribution in [-0.2, 0) is 10.0 Å². The maximum atomic E-state index is 12.5. The first-order valence-electron chi connectivity index (χ1n) is 7.83. The Bertz CT molecular complexity index is 1040. The Kier molecular flexibility index (Phi) is 6.48. The van der Waals surface area contributed by atoms with Crippen LogP contribution in [0.25, 0.3) is 0 Å². The monoisotopic (exact) mass is 460 g/mol. The fourth-order valence-electron chi connectivity index (χ4n) is 2.25. The summed E-state index contributed by atoms with van der Waals surface area (Å²) in [5.41, 5.74) is 5.72. The average Bonchev–Trinajstić information content (AvgIpc) is 2.62. The van der Waals surface area contributed by atoms with Crippen molar-refractivity contribution in [1.29, 1.82) is 0 Å². The van der Waals surface area contributed by atoms with Gasteiger partial charge in [0.25, 0.3) is 15.9 Å². The quantitative estimate of drug-likeness (QED) is 0.399. The standard InChI is InChI=1S/C16H14Cl2N4O4S2/c17-9-1-3-10(4-2-9)20-15(24)11-7-14-13(8-12(11)18)27-16(21-19-5-6-23)22-28(14,25)26/h1-4,7-8,19,23H,5-6H2,(H,20,24)(H,21,22). The summed E-state index contributed by atoms with van der Waals surface area (Å²) >= 11 is 13.1. The zero-order chi connectivity index (χ0) is 20.3. The number of anilines is 1. The molecule has 0 fully saturated rings. The van der Waals surface area contributed by atoms with Crippen molar-refractivity contribution < 1.29 is 18.3 Å². The minimum Gasteiger partial charge on any atom is -0.395 e. The van der Waals surface area contributed by atoms with Crippen LogP contribution in [0.5, 0.6) is 0 Å². The van der Waals surface area contributed by atoms with Gasteiger partial charge in [0.1, 0.15) is 4.90 Å². The molecule has 8 nitrogen and oxygen atoms in total. The molecule has 0 unspecified atom stereocenters. The van der Waals surface area contributed by atoms with Gasteiger partial charge in [0, 0.05) is 22.2 Å². The molecule has 1 heterocycles. The summed E-state index contributed by atoms with van der Waals surface area (Å²) < 4.78 is 28.6. The molecular weight excluding hydrogens is 447 g/mol. The summed E-state index contributed by atoms with van der Waals surface area (Å²) in [6, 6.07) is 9.05. The highest BCUT2D eigenvalue weighted by atomic mass is 35.5. The lowest BCUT2D eigenvalue weighted by atomic mass is 10.2. The lowest BCUT2D eigenvalue weighted by molar-refractivity contribution is 0.102. The highest BCUT2D eigenvalue weighted by molar-refractivity contribution is 8.15. The number of fused-ring (bicyclic) bond motifs is 1. The Morgan fingerprint density at radius 2 is 1.89 bits per heavy atom. The van der Waals surface area contributed by atoms with Gasteiger partial charge >= 0.3 is 0 Å². The van der Waals surface area contributed by atoms with Gasteiger partial charge in [-0.2, -0.15) is 8.42 Å². The molecule has 1 aliphatic heterocycles. The highest BCUT2D eigenvalue weighted by Crippen LogP contribution is 2.37. The van der Waals surface area contributed by atoms with E-state index in [0.29, 0.717) is 15.6 Å². The molecule has 12 heteroatoms. The van der Waals surface area contributed by atoms with Crippen LogP contribution in [0.2, 0.25) is 10.0 Å². The molecule has 4 N–H and O–H groups in total. The first kappa shape index (κ1) is 20.9. The molecule has 28 heavy (non-hydrogen) atoms. The summed E-state index contributed by atoms with van der Waals surface area (Å²) in [7, 11) is -4.03. The van der Waals surface area contributed by atoms with Crippen LogP contribution < -0.4 is 16.2 Å². The van der Waals surface area contributed by atoms with Crippen LogP contribution in [0.1, 0.15) is 10.4 Å². The second kappa shape index (κ2) is 8.68. The number of aliphatic hydroxyl groups excluding tert-OH is 1. The molecule has 1 aliphatic rings. The molecule has 148 valence electrons. The fourth-order valence-corrected chi connectivity index (χ4v) is 5.18. The second-order valence-corrected chi connectivity index (χ2v) is 8.94. The summed E-state index contributed by atoms with van der Waals surface area (Å²) in [5, 5.41) is 12.1. The van der Waals surface area contributed by atoms with Crippen molar-refractivity contribution in [3.8, 4) is 0 Å². The van der Waals surface area contributed by atoms with Crippen molar-refractivity contribution in [2.24, 2.45) is 4.40 Å². The molecule has 1 amide bonds. The Morgan fingerprint density at radius 1 is 1.18 bits per heavy atom. The third-order valence-corrected chi connectivity index (χ3v) is 6.57. The lowest BCUT2D eigenvalue weighted by Crippen LogP contribution is -2.38. The zero-order valence-electron chi connectivity index (χ0n) is 14.1. The highest BCUT2D eigenvalue weighted by Gasteiger charge is 2.29. The Labute approximate surface area is 175 Å². The topological polar surface area (TPSA) is 120 Å². The first-order valence-corrected chi connectivity index (χ1v) is 10.8. The van der Waals surface area contributed by atoms with E-state index < -0.39 is 15.9 Å². The number of nitrogens with zero attached hydrogens (tertiary/aromatic N) is 1. The summed E-state index contributed by atoms with van der Waals surface area (Å²) in [4.78, 5) is 12.8. The van der Waals surface area contributed by atoms with Gasteiger partial charge in [0.05, 0.1) is 17.2 Å². The van der Waals surface area contributed by atoms with Crippen molar-refractivity contribution in [1.82, 2.24) is 10.9 Å². The maximum absolute atomic E-state index is 12.5. The number of hydrogen-bond donors (Lipinski definition) is 4. The Balaban J connectivity index is 1.87. The molecule has 3 rings (SSSR count). The normalized spacial score (nSPS) is 14.8. The van der Waals surface area contributed by atoms with Crippen LogP contribution >= 0.6 is 35.0 Å². The minimum atomic E-state index is -4.03. The van der Waals surface area contributed by atoms with Gasteiger partial charge in [-0.1, -0.05) is 23.2 Å². The van der Waals surface area contributed by atoms with Crippen molar-refractivity contribution in [2.45, 2.75) is 9.79 Å². The molecule has 2 aromatic carbocycles. The summed E-state index contributed by atoms with van der Waals surface area (Å²) in [6.45, 7) is 0.0727. The third kappa shape index (κ3) is 4.77. The number of halogens is 2. The van der Waals surface area contributed by atoms with Gasteiger partial charge in [-0.15, -0.1) is 4.40 Å². The number of carbonyl (C=O) groups is 1. The fraction of sp³-hybridized carbons (Fsp3) is 0.125. The van der Waals surface area contributed by atoms with E-state index in [1.54, 1.807) is 24.3 Å². The molecule has 2 aromatic rings. The second-order valence-electron chi connectivity index (χ2n) is 5.49. The number of carbonyl (C=O) groups excluding carboxylic acids is 1. The Hall–Kier alpha value is -1.82. The molecule has 0 spiro atoms. The van der Waals surface area contributed by atoms with Gasteiger partial charge in [0.2, 0.25) is 0 Å². The summed E-state index contributed by atoms with van der Waals surface area (Å²) in [6.07, 6.45) is 0. The van der Waals surface area contributed by atoms with Crippen LogP contribution in [0.15, 0.2) is 50.6 Å². The molecule has 0 saturated heterocycles. The van der Waals surface area contributed by atoms with Gasteiger partial charge < -0.3 is 10.4 Å². The van der Waals surface area contributed by atoms with E-state index in [1.165, 1.54) is 12.1 Å². The van der Waals surface area contributed by atoms with Crippen molar-refractivity contribution in [2.75, 3.05) is 18.5 Å². The molecule has 0 radical (unpaired) electrons. The number of sulfonamides is 1. The van der Waals surface area contributed by atoms with Crippen LogP contribution in [0.3, 0.4) is 0 Å². The number of amides is 1. The smallest absolute Gasteiger partial charge is 0.285 e. The molecule has 0 aliphatic carbocycles. The molecule has 0 bridgehead atoms. The lowest BCUT2D eigenvalue weighted by Gasteiger charge is -2.18. The predicted molar refractivity (Wildman–Crippen MR) is 110 cm³/mol. The predicted octanol–water partition coefficient (Wildman–Crippen LogP) is 2.48. The number of nitrogens with one attached hydrogen (secondary N) is 3. The van der Waals surface area contributed by atoms with E-state index in [1.807, 2.05) is 0 Å². The number of rotatable bonds is 5. The SMILES string of the molecule is O=C(Nc1ccc(Cl)cc1)c1cc2c(cc1Cl)SC(NNCCO)=NS2(=O)=O. The van der Waals surface area contributed by atoms with Crippen LogP contribution in [0, 0.1) is 0 Å². The number of benzene rings is 2. The number of amidine groups is 1. The van der Waals surface area contributed by atoms with Gasteiger partial charge in [-0.3, -0.25) is 10.2 Å². The van der Waals surface area contributed by atoms with Gasteiger partial charge in [-0.05, 0) is 48.2 Å². The number of hydrogen-bond acceptors (Lipinski definition) is 7.